The second-order valence-corrected chi connectivity index (χ2v) is 4.13. The molecule has 0 amide bonds. The van der Waals surface area contributed by atoms with Crippen molar-refractivity contribution < 1.29 is 5.11 Å². The first-order valence-electron chi connectivity index (χ1n) is 6.05. The van der Waals surface area contributed by atoms with E-state index in [0.29, 0.717) is 12.5 Å². The van der Waals surface area contributed by atoms with Crippen molar-refractivity contribution >= 4 is 0 Å². The van der Waals surface area contributed by atoms with Crippen molar-refractivity contribution in [1.29, 1.82) is 0 Å². The number of aliphatic hydroxyl groups is 1. The molecule has 0 radical (unpaired) electrons. The maximum absolute atomic E-state index is 8.73. The fourth-order valence-electron chi connectivity index (χ4n) is 1.68. The average Bonchev–Trinajstić information content (AvgIpc) is 2.21. The second kappa shape index (κ2) is 9.26. The molecule has 84 valence electrons. The van der Waals surface area contributed by atoms with Gasteiger partial charge in [-0.25, -0.2) is 0 Å². The van der Waals surface area contributed by atoms with Crippen LogP contribution in [-0.2, 0) is 0 Å². The van der Waals surface area contributed by atoms with Gasteiger partial charge in [0.05, 0.1) is 0 Å². The van der Waals surface area contributed by atoms with Crippen molar-refractivity contribution in [2.45, 2.75) is 59.3 Å². The number of hydrogen-bond acceptors (Lipinski definition) is 1. The lowest BCUT2D eigenvalue weighted by Gasteiger charge is -2.09. The zero-order chi connectivity index (χ0) is 10.8. The zero-order valence-electron chi connectivity index (χ0n) is 10.1. The van der Waals surface area contributed by atoms with Gasteiger partial charge in [-0.3, -0.25) is 0 Å². The highest BCUT2D eigenvalue weighted by Crippen LogP contribution is 2.16. The van der Waals surface area contributed by atoms with E-state index >= 15 is 0 Å². The summed E-state index contributed by atoms with van der Waals surface area (Å²) >= 11 is 0. The van der Waals surface area contributed by atoms with Crippen LogP contribution in [0.25, 0.3) is 0 Å². The fourth-order valence-corrected chi connectivity index (χ4v) is 1.68. The second-order valence-electron chi connectivity index (χ2n) is 4.13. The Morgan fingerprint density at radius 1 is 1.29 bits per heavy atom. The average molecular weight is 198 g/mol. The van der Waals surface area contributed by atoms with Crippen LogP contribution in [0.15, 0.2) is 11.6 Å². The number of unbranched alkanes of at least 4 members (excludes halogenated alkanes) is 1. The summed E-state index contributed by atoms with van der Waals surface area (Å²) in [7, 11) is 0. The molecule has 1 atom stereocenters. The summed E-state index contributed by atoms with van der Waals surface area (Å²) in [6.07, 6.45) is 9.49. The maximum atomic E-state index is 8.73. The minimum absolute atomic E-state index is 0.328. The fraction of sp³-hybridized carbons (Fsp3) is 0.846. The first-order valence-corrected chi connectivity index (χ1v) is 6.05. The molecule has 0 aromatic carbocycles. The van der Waals surface area contributed by atoms with Gasteiger partial charge < -0.3 is 5.11 Å². The van der Waals surface area contributed by atoms with E-state index < -0.39 is 0 Å². The lowest BCUT2D eigenvalue weighted by molar-refractivity contribution is 0.278. The topological polar surface area (TPSA) is 20.2 Å². The highest BCUT2D eigenvalue weighted by Gasteiger charge is 2.00. The van der Waals surface area contributed by atoms with Gasteiger partial charge in [0.1, 0.15) is 0 Å². The molecule has 1 heteroatoms. The van der Waals surface area contributed by atoms with E-state index in [1.54, 1.807) is 5.57 Å². The van der Waals surface area contributed by atoms with Crippen molar-refractivity contribution in [1.82, 2.24) is 0 Å². The first-order chi connectivity index (χ1) is 6.74. The Hall–Kier alpha value is -0.300. The Kier molecular flexibility index (Phi) is 9.06. The SMILES string of the molecule is CCCCC(=CC(C)CCCO)CC. The molecule has 0 aromatic rings. The Balaban J connectivity index is 3.86. The van der Waals surface area contributed by atoms with Gasteiger partial charge in [0.15, 0.2) is 0 Å². The predicted molar refractivity (Wildman–Crippen MR) is 63.4 cm³/mol. The van der Waals surface area contributed by atoms with E-state index in [-0.39, 0.29) is 0 Å². The molecule has 0 spiro atoms. The van der Waals surface area contributed by atoms with Gasteiger partial charge in [0, 0.05) is 6.61 Å². The third kappa shape index (κ3) is 7.14. The van der Waals surface area contributed by atoms with Gasteiger partial charge >= 0.3 is 0 Å². The molecule has 0 aliphatic carbocycles. The molecular formula is C13H26O. The Morgan fingerprint density at radius 2 is 2.00 bits per heavy atom. The molecule has 14 heavy (non-hydrogen) atoms. The van der Waals surface area contributed by atoms with Crippen LogP contribution in [-0.4, -0.2) is 11.7 Å². The molecule has 0 aliphatic rings. The third-order valence-corrected chi connectivity index (χ3v) is 2.64. The van der Waals surface area contributed by atoms with Crippen LogP contribution in [0.1, 0.15) is 59.3 Å². The Bertz CT molecular complexity index is 149. The Morgan fingerprint density at radius 3 is 2.50 bits per heavy atom. The molecule has 0 fully saturated rings. The summed E-state index contributed by atoms with van der Waals surface area (Å²) in [4.78, 5) is 0. The van der Waals surface area contributed by atoms with Gasteiger partial charge in [-0.1, -0.05) is 38.8 Å². The molecule has 1 unspecified atom stereocenters. The number of allylic oxidation sites excluding steroid dienone is 2. The van der Waals surface area contributed by atoms with E-state index in [2.05, 4.69) is 26.8 Å². The van der Waals surface area contributed by atoms with Crippen molar-refractivity contribution in [2.24, 2.45) is 5.92 Å². The first kappa shape index (κ1) is 13.7. The van der Waals surface area contributed by atoms with E-state index in [1.165, 1.54) is 25.7 Å². The van der Waals surface area contributed by atoms with Crippen LogP contribution in [0, 0.1) is 5.92 Å². The number of aliphatic hydroxyl groups excluding tert-OH is 1. The van der Waals surface area contributed by atoms with Crippen molar-refractivity contribution in [3.63, 3.8) is 0 Å². The van der Waals surface area contributed by atoms with Crippen LogP contribution in [0.2, 0.25) is 0 Å². The molecule has 0 heterocycles. The van der Waals surface area contributed by atoms with E-state index in [4.69, 9.17) is 5.11 Å². The van der Waals surface area contributed by atoms with Gasteiger partial charge in [0.25, 0.3) is 0 Å². The molecule has 0 rings (SSSR count). The molecule has 0 saturated carbocycles. The maximum Gasteiger partial charge on any atom is 0.0431 e. The summed E-state index contributed by atoms with van der Waals surface area (Å²) < 4.78 is 0. The zero-order valence-corrected chi connectivity index (χ0v) is 10.1. The Labute approximate surface area is 89.2 Å². The van der Waals surface area contributed by atoms with E-state index in [0.717, 1.165) is 12.8 Å². The largest absolute Gasteiger partial charge is 0.396 e. The standard InChI is InChI=1S/C13H26O/c1-4-6-9-13(5-2)11-12(3)8-7-10-14/h11-12,14H,4-10H2,1-3H3. The van der Waals surface area contributed by atoms with Crippen LogP contribution >= 0.6 is 0 Å². The molecule has 0 aromatic heterocycles. The monoisotopic (exact) mass is 198 g/mol. The van der Waals surface area contributed by atoms with Crippen LogP contribution in [0.3, 0.4) is 0 Å². The lowest BCUT2D eigenvalue weighted by Crippen LogP contribution is -1.95. The third-order valence-electron chi connectivity index (χ3n) is 2.64. The smallest absolute Gasteiger partial charge is 0.0431 e. The number of hydrogen-bond donors (Lipinski definition) is 1. The molecule has 1 nitrogen and oxygen atoms in total. The predicted octanol–water partition coefficient (Wildman–Crippen LogP) is 3.92. The van der Waals surface area contributed by atoms with Gasteiger partial charge in [-0.15, -0.1) is 0 Å². The summed E-state index contributed by atoms with van der Waals surface area (Å²) in [5.41, 5.74) is 1.59. The number of rotatable bonds is 8. The van der Waals surface area contributed by atoms with Crippen LogP contribution < -0.4 is 0 Å². The quantitative estimate of drug-likeness (QED) is 0.586. The van der Waals surface area contributed by atoms with Gasteiger partial charge in [0.2, 0.25) is 0 Å². The normalized spacial score (nSPS) is 14.4. The lowest BCUT2D eigenvalue weighted by atomic mass is 9.98. The summed E-state index contributed by atoms with van der Waals surface area (Å²) in [6, 6.07) is 0. The highest BCUT2D eigenvalue weighted by atomic mass is 16.2. The summed E-state index contributed by atoms with van der Waals surface area (Å²) in [5, 5.41) is 8.73. The molecular weight excluding hydrogens is 172 g/mol. The summed E-state index contributed by atoms with van der Waals surface area (Å²) in [6.45, 7) is 7.05. The van der Waals surface area contributed by atoms with Crippen molar-refractivity contribution in [3.05, 3.63) is 11.6 Å². The van der Waals surface area contributed by atoms with Gasteiger partial charge in [-0.05, 0) is 38.0 Å². The summed E-state index contributed by atoms with van der Waals surface area (Å²) in [5.74, 6) is 0.633. The minimum atomic E-state index is 0.328. The molecule has 0 saturated heterocycles. The molecule has 0 aliphatic heterocycles. The van der Waals surface area contributed by atoms with Crippen LogP contribution in [0.4, 0.5) is 0 Å². The minimum Gasteiger partial charge on any atom is -0.396 e. The van der Waals surface area contributed by atoms with Crippen LogP contribution in [0.5, 0.6) is 0 Å². The molecule has 0 bridgehead atoms. The van der Waals surface area contributed by atoms with E-state index in [9.17, 15) is 0 Å². The van der Waals surface area contributed by atoms with Gasteiger partial charge in [-0.2, -0.15) is 0 Å². The molecule has 1 N–H and O–H groups in total. The highest BCUT2D eigenvalue weighted by molar-refractivity contribution is 5.03. The van der Waals surface area contributed by atoms with E-state index in [1.807, 2.05) is 0 Å². The van der Waals surface area contributed by atoms with Crippen molar-refractivity contribution in [2.75, 3.05) is 6.61 Å². The van der Waals surface area contributed by atoms with Crippen molar-refractivity contribution in [3.8, 4) is 0 Å².